The van der Waals surface area contributed by atoms with Crippen LogP contribution in [0.5, 0.6) is 0 Å². The molecule has 1 aromatic rings. The zero-order valence-corrected chi connectivity index (χ0v) is 9.82. The predicted octanol–water partition coefficient (Wildman–Crippen LogP) is 3.70. The fraction of sp³-hybridized carbons (Fsp3) is 0.455. The van der Waals surface area contributed by atoms with Gasteiger partial charge in [0, 0.05) is 11.6 Å². The Morgan fingerprint density at radius 1 is 1.40 bits per heavy atom. The van der Waals surface area contributed by atoms with E-state index in [1.54, 1.807) is 18.2 Å². The first-order valence-electron chi connectivity index (χ1n) is 4.89. The number of benzene rings is 1. The molecule has 2 N–H and O–H groups in total. The molecule has 0 unspecified atom stereocenters. The SMILES string of the molecule is Cl.N[C@@H](c1cccc(Cl)c1F)C1CCC1. The van der Waals surface area contributed by atoms with E-state index in [9.17, 15) is 4.39 Å². The summed E-state index contributed by atoms with van der Waals surface area (Å²) in [5.41, 5.74) is 6.53. The molecule has 0 spiro atoms. The average molecular weight is 250 g/mol. The number of halogens is 3. The third-order valence-electron chi connectivity index (χ3n) is 3.00. The Morgan fingerprint density at radius 3 is 2.60 bits per heavy atom. The van der Waals surface area contributed by atoms with Crippen LogP contribution in [0.15, 0.2) is 18.2 Å². The molecule has 0 aliphatic heterocycles. The summed E-state index contributed by atoms with van der Waals surface area (Å²) >= 11 is 5.69. The second-order valence-electron chi connectivity index (χ2n) is 3.86. The third kappa shape index (κ3) is 2.44. The van der Waals surface area contributed by atoms with Gasteiger partial charge in [0.25, 0.3) is 0 Å². The van der Waals surface area contributed by atoms with Gasteiger partial charge in [0.15, 0.2) is 0 Å². The predicted molar refractivity (Wildman–Crippen MR) is 62.9 cm³/mol. The minimum Gasteiger partial charge on any atom is -0.324 e. The molecule has 1 saturated carbocycles. The van der Waals surface area contributed by atoms with Crippen molar-refractivity contribution in [3.05, 3.63) is 34.6 Å². The van der Waals surface area contributed by atoms with E-state index >= 15 is 0 Å². The molecule has 1 aliphatic rings. The van der Waals surface area contributed by atoms with Crippen LogP contribution >= 0.6 is 24.0 Å². The van der Waals surface area contributed by atoms with Gasteiger partial charge in [-0.3, -0.25) is 0 Å². The molecule has 1 atom stereocenters. The molecule has 1 aliphatic carbocycles. The van der Waals surface area contributed by atoms with E-state index in [4.69, 9.17) is 17.3 Å². The van der Waals surface area contributed by atoms with E-state index in [1.807, 2.05) is 0 Å². The van der Waals surface area contributed by atoms with Crippen molar-refractivity contribution >= 4 is 24.0 Å². The van der Waals surface area contributed by atoms with Crippen LogP contribution in [-0.2, 0) is 0 Å². The summed E-state index contributed by atoms with van der Waals surface area (Å²) in [6.07, 6.45) is 3.42. The van der Waals surface area contributed by atoms with Crippen LogP contribution in [0.2, 0.25) is 5.02 Å². The second-order valence-corrected chi connectivity index (χ2v) is 4.27. The van der Waals surface area contributed by atoms with Crippen molar-refractivity contribution in [1.82, 2.24) is 0 Å². The van der Waals surface area contributed by atoms with E-state index in [2.05, 4.69) is 0 Å². The van der Waals surface area contributed by atoms with E-state index in [-0.39, 0.29) is 29.3 Å². The maximum absolute atomic E-state index is 13.6. The fourth-order valence-corrected chi connectivity index (χ4v) is 2.01. The summed E-state index contributed by atoms with van der Waals surface area (Å²) in [7, 11) is 0. The van der Waals surface area contributed by atoms with Crippen molar-refractivity contribution in [2.45, 2.75) is 25.3 Å². The van der Waals surface area contributed by atoms with E-state index in [0.717, 1.165) is 12.8 Å². The lowest BCUT2D eigenvalue weighted by atomic mass is 9.77. The van der Waals surface area contributed by atoms with Gasteiger partial charge in [-0.15, -0.1) is 12.4 Å². The van der Waals surface area contributed by atoms with Gasteiger partial charge in [-0.2, -0.15) is 0 Å². The monoisotopic (exact) mass is 249 g/mol. The Bertz CT molecular complexity index is 339. The molecule has 0 radical (unpaired) electrons. The molecule has 84 valence electrons. The standard InChI is InChI=1S/C11H13ClFN.ClH/c12-9-6-2-5-8(10(9)13)11(14)7-3-1-4-7;/h2,5-7,11H,1,3-4,14H2;1H/t11-;/m1./s1. The van der Waals surface area contributed by atoms with Crippen LogP contribution in [0.4, 0.5) is 4.39 Å². The highest BCUT2D eigenvalue weighted by molar-refractivity contribution is 6.30. The molecule has 1 fully saturated rings. The molecule has 0 saturated heterocycles. The largest absolute Gasteiger partial charge is 0.324 e. The summed E-state index contributed by atoms with van der Waals surface area (Å²) in [6.45, 7) is 0. The van der Waals surface area contributed by atoms with Gasteiger partial charge in [-0.1, -0.05) is 30.2 Å². The molecular formula is C11H14Cl2FN. The maximum Gasteiger partial charge on any atom is 0.146 e. The second kappa shape index (κ2) is 5.15. The summed E-state index contributed by atoms with van der Waals surface area (Å²) in [4.78, 5) is 0. The van der Waals surface area contributed by atoms with Crippen molar-refractivity contribution in [1.29, 1.82) is 0 Å². The first-order valence-corrected chi connectivity index (χ1v) is 5.27. The van der Waals surface area contributed by atoms with Crippen LogP contribution in [0.1, 0.15) is 30.9 Å². The Hall–Kier alpha value is -0.310. The van der Waals surface area contributed by atoms with Gasteiger partial charge in [-0.25, -0.2) is 4.39 Å². The highest BCUT2D eigenvalue weighted by Gasteiger charge is 2.27. The van der Waals surface area contributed by atoms with Gasteiger partial charge < -0.3 is 5.73 Å². The van der Waals surface area contributed by atoms with E-state index in [0.29, 0.717) is 11.5 Å². The van der Waals surface area contributed by atoms with Crippen molar-refractivity contribution in [2.75, 3.05) is 0 Å². The third-order valence-corrected chi connectivity index (χ3v) is 3.29. The number of rotatable bonds is 2. The number of nitrogens with two attached hydrogens (primary N) is 1. The molecule has 1 nitrogen and oxygen atoms in total. The van der Waals surface area contributed by atoms with Crippen LogP contribution in [0, 0.1) is 11.7 Å². The molecule has 4 heteroatoms. The van der Waals surface area contributed by atoms with Gasteiger partial charge in [-0.05, 0) is 24.8 Å². The average Bonchev–Trinajstić information content (AvgIpc) is 2.06. The number of hydrogen-bond donors (Lipinski definition) is 1. The quantitative estimate of drug-likeness (QED) is 0.850. The van der Waals surface area contributed by atoms with Crippen molar-refractivity contribution in [3.8, 4) is 0 Å². The molecular weight excluding hydrogens is 236 g/mol. The van der Waals surface area contributed by atoms with Crippen molar-refractivity contribution < 1.29 is 4.39 Å². The minimum absolute atomic E-state index is 0. The summed E-state index contributed by atoms with van der Waals surface area (Å²) in [6, 6.07) is 4.83. The normalized spacial score (nSPS) is 17.8. The first kappa shape index (κ1) is 12.8. The maximum atomic E-state index is 13.6. The van der Waals surface area contributed by atoms with E-state index in [1.165, 1.54) is 6.42 Å². The van der Waals surface area contributed by atoms with Crippen LogP contribution in [0.25, 0.3) is 0 Å². The Kier molecular flexibility index (Phi) is 4.38. The highest BCUT2D eigenvalue weighted by Crippen LogP contribution is 2.37. The first-order chi connectivity index (χ1) is 6.70. The lowest BCUT2D eigenvalue weighted by Gasteiger charge is -2.31. The van der Waals surface area contributed by atoms with Gasteiger partial charge in [0.2, 0.25) is 0 Å². The Balaban J connectivity index is 0.00000112. The zero-order chi connectivity index (χ0) is 10.1. The van der Waals surface area contributed by atoms with Crippen LogP contribution in [0.3, 0.4) is 0 Å². The minimum atomic E-state index is -0.353. The molecule has 0 aromatic heterocycles. The summed E-state index contributed by atoms with van der Waals surface area (Å²) in [5.74, 6) is 0.0801. The highest BCUT2D eigenvalue weighted by atomic mass is 35.5. The molecule has 0 amide bonds. The molecule has 2 rings (SSSR count). The lowest BCUT2D eigenvalue weighted by molar-refractivity contribution is 0.260. The van der Waals surface area contributed by atoms with Crippen LogP contribution < -0.4 is 5.73 Å². The van der Waals surface area contributed by atoms with Gasteiger partial charge in [0.1, 0.15) is 5.82 Å². The molecule has 1 aromatic carbocycles. The Morgan fingerprint density at radius 2 is 2.07 bits per heavy atom. The van der Waals surface area contributed by atoms with Gasteiger partial charge >= 0.3 is 0 Å². The topological polar surface area (TPSA) is 26.0 Å². The summed E-state index contributed by atoms with van der Waals surface area (Å²) < 4.78 is 13.6. The van der Waals surface area contributed by atoms with Gasteiger partial charge in [0.05, 0.1) is 5.02 Å². The molecule has 0 heterocycles. The zero-order valence-electron chi connectivity index (χ0n) is 8.25. The van der Waals surface area contributed by atoms with Crippen molar-refractivity contribution in [3.63, 3.8) is 0 Å². The van der Waals surface area contributed by atoms with Crippen molar-refractivity contribution in [2.24, 2.45) is 11.7 Å². The van der Waals surface area contributed by atoms with E-state index < -0.39 is 0 Å². The van der Waals surface area contributed by atoms with Crippen LogP contribution in [-0.4, -0.2) is 0 Å². The summed E-state index contributed by atoms with van der Waals surface area (Å²) in [5, 5.41) is 0.164. The fourth-order valence-electron chi connectivity index (χ4n) is 1.83. The smallest absolute Gasteiger partial charge is 0.146 e. The molecule has 0 bridgehead atoms. The molecule has 15 heavy (non-hydrogen) atoms. The lowest BCUT2D eigenvalue weighted by Crippen LogP contribution is -2.27. The number of hydrogen-bond acceptors (Lipinski definition) is 1. The Labute approximate surface area is 100 Å².